The molecule has 4 heteroatoms. The molecule has 26 heavy (non-hydrogen) atoms. The molecular formula is C22H21Br2NO. The number of hydrogen-bond donors (Lipinski definition) is 1. The van der Waals surface area contributed by atoms with Crippen LogP contribution < -0.4 is 10.1 Å². The Bertz CT molecular complexity index is 799. The number of rotatable bonds is 8. The Hall–Kier alpha value is -1.62. The van der Waals surface area contributed by atoms with Gasteiger partial charge in [-0.15, -0.1) is 0 Å². The summed E-state index contributed by atoms with van der Waals surface area (Å²) in [6.07, 6.45) is 1.03. The minimum Gasteiger partial charge on any atom is -0.487 e. The van der Waals surface area contributed by atoms with Gasteiger partial charge in [0.05, 0.1) is 8.95 Å². The van der Waals surface area contributed by atoms with Crippen LogP contribution in [-0.2, 0) is 19.6 Å². The van der Waals surface area contributed by atoms with Gasteiger partial charge < -0.3 is 10.1 Å². The summed E-state index contributed by atoms with van der Waals surface area (Å²) in [5, 5.41) is 3.50. The summed E-state index contributed by atoms with van der Waals surface area (Å²) < 4.78 is 7.90. The van der Waals surface area contributed by atoms with E-state index in [1.807, 2.05) is 24.3 Å². The summed E-state index contributed by atoms with van der Waals surface area (Å²) in [6, 6.07) is 24.9. The first kappa shape index (κ1) is 19.2. The Morgan fingerprint density at radius 1 is 0.731 bits per heavy atom. The molecule has 3 aromatic carbocycles. The molecule has 3 aromatic rings. The fraction of sp³-hybridized carbons (Fsp3) is 0.182. The van der Waals surface area contributed by atoms with Crippen LogP contribution >= 0.6 is 31.9 Å². The highest BCUT2D eigenvalue weighted by Gasteiger charge is 2.09. The van der Waals surface area contributed by atoms with E-state index in [4.69, 9.17) is 4.74 Å². The van der Waals surface area contributed by atoms with Crippen molar-refractivity contribution in [2.45, 2.75) is 19.6 Å². The lowest BCUT2D eigenvalue weighted by Gasteiger charge is -2.13. The van der Waals surface area contributed by atoms with E-state index in [0.717, 1.165) is 39.8 Å². The van der Waals surface area contributed by atoms with E-state index in [-0.39, 0.29) is 0 Å². The Labute approximate surface area is 171 Å². The van der Waals surface area contributed by atoms with E-state index >= 15 is 0 Å². The molecule has 134 valence electrons. The van der Waals surface area contributed by atoms with Gasteiger partial charge in [0.2, 0.25) is 0 Å². The largest absolute Gasteiger partial charge is 0.487 e. The van der Waals surface area contributed by atoms with Crippen molar-refractivity contribution in [1.82, 2.24) is 5.32 Å². The highest BCUT2D eigenvalue weighted by Crippen LogP contribution is 2.35. The number of benzene rings is 3. The van der Waals surface area contributed by atoms with Gasteiger partial charge in [-0.2, -0.15) is 0 Å². The zero-order chi connectivity index (χ0) is 18.2. The van der Waals surface area contributed by atoms with E-state index in [1.165, 1.54) is 11.1 Å². The topological polar surface area (TPSA) is 21.3 Å². The monoisotopic (exact) mass is 473 g/mol. The second kappa shape index (κ2) is 9.91. The number of nitrogens with one attached hydrogen (secondary N) is 1. The summed E-state index contributed by atoms with van der Waals surface area (Å²) >= 11 is 7.27. The maximum absolute atomic E-state index is 5.98. The molecule has 0 spiro atoms. The molecule has 0 bridgehead atoms. The molecule has 0 fully saturated rings. The molecule has 0 heterocycles. The summed E-state index contributed by atoms with van der Waals surface area (Å²) in [6.45, 7) is 2.32. The van der Waals surface area contributed by atoms with Gasteiger partial charge in [-0.25, -0.2) is 0 Å². The maximum Gasteiger partial charge on any atom is 0.148 e. The third-order valence-electron chi connectivity index (χ3n) is 4.05. The summed E-state index contributed by atoms with van der Waals surface area (Å²) in [5.74, 6) is 0.835. The molecule has 0 aliphatic heterocycles. The molecular weight excluding hydrogens is 454 g/mol. The Kier molecular flexibility index (Phi) is 7.30. The average molecular weight is 475 g/mol. The molecule has 0 saturated heterocycles. The van der Waals surface area contributed by atoms with Crippen molar-refractivity contribution in [1.29, 1.82) is 0 Å². The molecule has 0 saturated carbocycles. The van der Waals surface area contributed by atoms with Gasteiger partial charge in [-0.05, 0) is 73.6 Å². The zero-order valence-electron chi connectivity index (χ0n) is 14.4. The first-order valence-electron chi connectivity index (χ1n) is 8.61. The fourth-order valence-electron chi connectivity index (χ4n) is 2.69. The van der Waals surface area contributed by atoms with Crippen molar-refractivity contribution < 1.29 is 4.74 Å². The molecule has 0 aromatic heterocycles. The standard InChI is InChI=1S/C22H21Br2NO/c23-20-13-19(15-25-12-11-17-7-3-1-4-8-17)14-21(24)22(20)26-16-18-9-5-2-6-10-18/h1-10,13-14,25H,11-12,15-16H2. The second-order valence-corrected chi connectivity index (χ2v) is 7.78. The van der Waals surface area contributed by atoms with Crippen LogP contribution in [0.25, 0.3) is 0 Å². The van der Waals surface area contributed by atoms with Crippen LogP contribution in [0.4, 0.5) is 0 Å². The molecule has 0 aliphatic rings. The van der Waals surface area contributed by atoms with Gasteiger partial charge in [-0.3, -0.25) is 0 Å². The Morgan fingerprint density at radius 3 is 1.92 bits per heavy atom. The van der Waals surface area contributed by atoms with Crippen LogP contribution in [0.3, 0.4) is 0 Å². The van der Waals surface area contributed by atoms with E-state index < -0.39 is 0 Å². The summed E-state index contributed by atoms with van der Waals surface area (Å²) in [7, 11) is 0. The van der Waals surface area contributed by atoms with Crippen molar-refractivity contribution in [3.05, 3.63) is 98.4 Å². The van der Waals surface area contributed by atoms with Crippen molar-refractivity contribution in [2.24, 2.45) is 0 Å². The van der Waals surface area contributed by atoms with Gasteiger partial charge in [0.15, 0.2) is 0 Å². The highest BCUT2D eigenvalue weighted by atomic mass is 79.9. The first-order valence-corrected chi connectivity index (χ1v) is 10.2. The first-order chi connectivity index (χ1) is 12.7. The molecule has 0 aliphatic carbocycles. The lowest BCUT2D eigenvalue weighted by atomic mass is 10.1. The fourth-order valence-corrected chi connectivity index (χ4v) is 4.20. The van der Waals surface area contributed by atoms with Gasteiger partial charge in [-0.1, -0.05) is 60.7 Å². The van der Waals surface area contributed by atoms with Crippen molar-refractivity contribution in [3.8, 4) is 5.75 Å². The summed E-state index contributed by atoms with van der Waals surface area (Å²) in [5.41, 5.74) is 3.72. The molecule has 0 radical (unpaired) electrons. The van der Waals surface area contributed by atoms with Crippen LogP contribution in [0.15, 0.2) is 81.7 Å². The Balaban J connectivity index is 1.53. The molecule has 0 atom stereocenters. The second-order valence-electron chi connectivity index (χ2n) is 6.08. The molecule has 0 unspecified atom stereocenters. The van der Waals surface area contributed by atoms with Crippen LogP contribution in [0, 0.1) is 0 Å². The quantitative estimate of drug-likeness (QED) is 0.397. The number of ether oxygens (including phenoxy) is 1. The third kappa shape index (κ3) is 5.70. The van der Waals surface area contributed by atoms with Gasteiger partial charge >= 0.3 is 0 Å². The van der Waals surface area contributed by atoms with Gasteiger partial charge in [0.1, 0.15) is 12.4 Å². The van der Waals surface area contributed by atoms with Crippen LogP contribution in [0.1, 0.15) is 16.7 Å². The van der Waals surface area contributed by atoms with E-state index in [0.29, 0.717) is 6.61 Å². The van der Waals surface area contributed by atoms with Crippen molar-refractivity contribution >= 4 is 31.9 Å². The number of halogens is 2. The molecule has 0 amide bonds. The van der Waals surface area contributed by atoms with Gasteiger partial charge in [0.25, 0.3) is 0 Å². The SMILES string of the molecule is Brc1cc(CNCCc2ccccc2)cc(Br)c1OCc1ccccc1. The lowest BCUT2D eigenvalue weighted by molar-refractivity contribution is 0.302. The predicted molar refractivity (Wildman–Crippen MR) is 114 cm³/mol. The smallest absolute Gasteiger partial charge is 0.148 e. The zero-order valence-corrected chi connectivity index (χ0v) is 17.6. The Morgan fingerprint density at radius 2 is 1.31 bits per heavy atom. The van der Waals surface area contributed by atoms with Crippen LogP contribution in [0.5, 0.6) is 5.75 Å². The normalized spacial score (nSPS) is 10.7. The van der Waals surface area contributed by atoms with Crippen LogP contribution in [-0.4, -0.2) is 6.54 Å². The predicted octanol–water partition coefficient (Wildman–Crippen LogP) is 6.12. The highest BCUT2D eigenvalue weighted by molar-refractivity contribution is 9.11. The van der Waals surface area contributed by atoms with Gasteiger partial charge in [0, 0.05) is 6.54 Å². The van der Waals surface area contributed by atoms with E-state index in [9.17, 15) is 0 Å². The minimum absolute atomic E-state index is 0.548. The maximum atomic E-state index is 5.98. The minimum atomic E-state index is 0.548. The third-order valence-corrected chi connectivity index (χ3v) is 5.22. The number of hydrogen-bond acceptors (Lipinski definition) is 2. The van der Waals surface area contributed by atoms with Crippen molar-refractivity contribution in [3.63, 3.8) is 0 Å². The lowest BCUT2D eigenvalue weighted by Crippen LogP contribution is -2.16. The van der Waals surface area contributed by atoms with E-state index in [1.54, 1.807) is 0 Å². The molecule has 3 rings (SSSR count). The van der Waals surface area contributed by atoms with Crippen molar-refractivity contribution in [2.75, 3.05) is 6.54 Å². The summed E-state index contributed by atoms with van der Waals surface area (Å²) in [4.78, 5) is 0. The van der Waals surface area contributed by atoms with Crippen LogP contribution in [0.2, 0.25) is 0 Å². The molecule has 1 N–H and O–H groups in total. The molecule has 2 nitrogen and oxygen atoms in total. The van der Waals surface area contributed by atoms with E-state index in [2.05, 4.69) is 85.7 Å². The average Bonchev–Trinajstić information content (AvgIpc) is 2.66.